The van der Waals surface area contributed by atoms with E-state index in [1.54, 1.807) is 0 Å². The lowest BCUT2D eigenvalue weighted by Gasteiger charge is -2.18. The third kappa shape index (κ3) is 10.8. The van der Waals surface area contributed by atoms with Crippen LogP contribution in [0.15, 0.2) is 29.3 Å². The van der Waals surface area contributed by atoms with Crippen molar-refractivity contribution in [2.75, 3.05) is 18.8 Å². The highest BCUT2D eigenvalue weighted by Crippen LogP contribution is 2.10. The molecule has 1 aromatic rings. The quantitative estimate of drug-likeness (QED) is 0.257. The third-order valence-corrected chi connectivity index (χ3v) is 5.57. The van der Waals surface area contributed by atoms with Gasteiger partial charge in [-0.05, 0) is 39.7 Å². The highest BCUT2D eigenvalue weighted by molar-refractivity contribution is 14.0. The minimum atomic E-state index is -0.849. The number of rotatable bonds is 8. The van der Waals surface area contributed by atoms with Crippen LogP contribution in [0.1, 0.15) is 51.7 Å². The number of nitrogens with zero attached hydrogens (tertiary/aromatic N) is 1. The summed E-state index contributed by atoms with van der Waals surface area (Å²) < 4.78 is 12.0. The lowest BCUT2D eigenvalue weighted by atomic mass is 10.1. The third-order valence-electron chi connectivity index (χ3n) is 3.63. The van der Waals surface area contributed by atoms with Crippen LogP contribution in [0.3, 0.4) is 0 Å². The molecule has 0 heterocycles. The van der Waals surface area contributed by atoms with Crippen molar-refractivity contribution in [3.05, 3.63) is 35.4 Å². The van der Waals surface area contributed by atoms with Gasteiger partial charge in [0.2, 0.25) is 0 Å². The van der Waals surface area contributed by atoms with E-state index in [4.69, 9.17) is 0 Å². The predicted octanol–water partition coefficient (Wildman–Crippen LogP) is 4.00. The summed E-state index contributed by atoms with van der Waals surface area (Å²) in [6.45, 7) is 12.5. The van der Waals surface area contributed by atoms with Gasteiger partial charge in [-0.15, -0.1) is 24.0 Å². The molecule has 1 unspecified atom stereocenters. The number of halogens is 1. The fraction of sp³-hybridized carbons (Fsp3) is 0.632. The molecule has 0 aliphatic rings. The lowest BCUT2D eigenvalue weighted by molar-refractivity contribution is 0.646. The first kappa shape index (κ1) is 24.4. The second-order valence-electron chi connectivity index (χ2n) is 7.02. The van der Waals surface area contributed by atoms with Gasteiger partial charge in [-0.3, -0.25) is 4.21 Å². The largest absolute Gasteiger partial charge is 0.356 e. The second kappa shape index (κ2) is 12.7. The van der Waals surface area contributed by atoms with Crippen LogP contribution in [0.5, 0.6) is 0 Å². The van der Waals surface area contributed by atoms with Gasteiger partial charge in [-0.2, -0.15) is 0 Å². The summed E-state index contributed by atoms with van der Waals surface area (Å²) in [7, 11) is -0.849. The zero-order chi connectivity index (χ0) is 18.0. The summed E-state index contributed by atoms with van der Waals surface area (Å²) >= 11 is 0. The molecule has 0 saturated heterocycles. The van der Waals surface area contributed by atoms with E-state index in [1.165, 1.54) is 11.1 Å². The Morgan fingerprint density at radius 2 is 1.72 bits per heavy atom. The molecule has 0 fully saturated rings. The molecule has 0 radical (unpaired) electrons. The van der Waals surface area contributed by atoms with Crippen molar-refractivity contribution in [3.63, 3.8) is 0 Å². The molecule has 0 amide bonds. The van der Waals surface area contributed by atoms with Crippen molar-refractivity contribution in [1.29, 1.82) is 0 Å². The van der Waals surface area contributed by atoms with Crippen molar-refractivity contribution >= 4 is 40.7 Å². The van der Waals surface area contributed by atoms with Crippen LogP contribution in [-0.4, -0.2) is 33.8 Å². The first-order valence-electron chi connectivity index (χ1n) is 8.79. The summed E-state index contributed by atoms with van der Waals surface area (Å²) in [4.78, 5) is 4.65. The Bertz CT molecular complexity index is 539. The van der Waals surface area contributed by atoms with Crippen molar-refractivity contribution in [3.8, 4) is 0 Å². The molecule has 6 heteroatoms. The van der Waals surface area contributed by atoms with Gasteiger partial charge in [-0.25, -0.2) is 4.99 Å². The van der Waals surface area contributed by atoms with Crippen LogP contribution in [0.4, 0.5) is 0 Å². The molecule has 1 aromatic carbocycles. The molecule has 1 rings (SSSR count). The minimum absolute atomic E-state index is 0. The Morgan fingerprint density at radius 3 is 2.28 bits per heavy atom. The Morgan fingerprint density at radius 1 is 1.12 bits per heavy atom. The molecule has 4 nitrogen and oxygen atoms in total. The van der Waals surface area contributed by atoms with Gasteiger partial charge in [0.25, 0.3) is 0 Å². The van der Waals surface area contributed by atoms with Gasteiger partial charge in [0.15, 0.2) is 5.96 Å². The number of hydrogen-bond acceptors (Lipinski definition) is 2. The molecule has 0 aliphatic carbocycles. The Hall–Kier alpha value is -0.630. The lowest BCUT2D eigenvalue weighted by Crippen LogP contribution is -2.40. The molecular formula is C19H34IN3OS. The van der Waals surface area contributed by atoms with Crippen LogP contribution in [0.25, 0.3) is 0 Å². The number of hydrogen-bond donors (Lipinski definition) is 2. The predicted molar refractivity (Wildman–Crippen MR) is 121 cm³/mol. The molecule has 0 aliphatic heterocycles. The van der Waals surface area contributed by atoms with Gasteiger partial charge in [0, 0.05) is 34.4 Å². The average Bonchev–Trinajstić information content (AvgIpc) is 2.52. The fourth-order valence-corrected chi connectivity index (χ4v) is 2.89. The highest BCUT2D eigenvalue weighted by Gasteiger charge is 2.18. The van der Waals surface area contributed by atoms with Crippen LogP contribution < -0.4 is 10.6 Å². The van der Waals surface area contributed by atoms with Gasteiger partial charge in [0.1, 0.15) is 0 Å². The highest BCUT2D eigenvalue weighted by atomic mass is 127. The van der Waals surface area contributed by atoms with E-state index < -0.39 is 10.8 Å². The molecule has 0 saturated carbocycles. The molecule has 0 spiro atoms. The number of nitrogens with one attached hydrogen (secondary N) is 2. The average molecular weight is 479 g/mol. The normalized spacial score (nSPS) is 13.1. The maximum absolute atomic E-state index is 12.1. The Kier molecular flexibility index (Phi) is 12.4. The Balaban J connectivity index is 0.00000576. The van der Waals surface area contributed by atoms with Crippen LogP contribution in [-0.2, 0) is 17.3 Å². The maximum atomic E-state index is 12.1. The molecule has 1 atom stereocenters. The molecule has 0 aromatic heterocycles. The second-order valence-corrected chi connectivity index (χ2v) is 9.34. The number of benzene rings is 1. The summed E-state index contributed by atoms with van der Waals surface area (Å²) in [5, 5.41) is 6.66. The smallest absolute Gasteiger partial charge is 0.191 e. The van der Waals surface area contributed by atoms with Crippen LogP contribution in [0.2, 0.25) is 0 Å². The zero-order valence-electron chi connectivity index (χ0n) is 16.2. The molecule has 25 heavy (non-hydrogen) atoms. The number of unbranched alkanes of at least 4 members (excludes halogenated alkanes) is 1. The van der Waals surface area contributed by atoms with Crippen molar-refractivity contribution < 1.29 is 4.21 Å². The standard InChI is InChI=1S/C19H33N3OS.HI/c1-6-7-12-20-18(21-13-14-24(23)19(3,4)5)22-15-17-10-8-16(2)9-11-17;/h8-11H,6-7,12-15H2,1-5H3,(H2,20,21,22);1H. The van der Waals surface area contributed by atoms with E-state index in [9.17, 15) is 4.21 Å². The first-order valence-corrected chi connectivity index (χ1v) is 10.1. The summed E-state index contributed by atoms with van der Waals surface area (Å²) in [6.07, 6.45) is 2.26. The SMILES string of the molecule is CCCCNC(=NCc1ccc(C)cc1)NCCS(=O)C(C)(C)C.I. The van der Waals surface area contributed by atoms with E-state index in [2.05, 4.69) is 53.7 Å². The molecule has 2 N–H and O–H groups in total. The van der Waals surface area contributed by atoms with Crippen LogP contribution >= 0.6 is 24.0 Å². The molecular weight excluding hydrogens is 445 g/mol. The van der Waals surface area contributed by atoms with Crippen molar-refractivity contribution in [2.24, 2.45) is 4.99 Å². The zero-order valence-corrected chi connectivity index (χ0v) is 19.4. The molecule has 144 valence electrons. The number of aryl methyl sites for hydroxylation is 1. The van der Waals surface area contributed by atoms with E-state index >= 15 is 0 Å². The summed E-state index contributed by atoms with van der Waals surface area (Å²) in [5.74, 6) is 1.43. The summed E-state index contributed by atoms with van der Waals surface area (Å²) in [5.41, 5.74) is 2.45. The Labute approximate surface area is 173 Å². The van der Waals surface area contributed by atoms with Crippen molar-refractivity contribution in [1.82, 2.24) is 10.6 Å². The maximum Gasteiger partial charge on any atom is 0.191 e. The topological polar surface area (TPSA) is 53.5 Å². The number of aliphatic imine (C=N–C) groups is 1. The summed E-state index contributed by atoms with van der Waals surface area (Å²) in [6, 6.07) is 8.43. The minimum Gasteiger partial charge on any atom is -0.356 e. The van der Waals surface area contributed by atoms with E-state index in [1.807, 2.05) is 20.8 Å². The number of guanidine groups is 1. The monoisotopic (exact) mass is 479 g/mol. The van der Waals surface area contributed by atoms with Gasteiger partial charge in [0.05, 0.1) is 6.54 Å². The van der Waals surface area contributed by atoms with Gasteiger partial charge < -0.3 is 10.6 Å². The van der Waals surface area contributed by atoms with E-state index in [0.717, 1.165) is 25.3 Å². The molecule has 0 bridgehead atoms. The van der Waals surface area contributed by atoms with Crippen molar-refractivity contribution in [2.45, 2.75) is 58.8 Å². The van der Waals surface area contributed by atoms with Crippen LogP contribution in [0, 0.1) is 6.92 Å². The van der Waals surface area contributed by atoms with Gasteiger partial charge >= 0.3 is 0 Å². The fourth-order valence-electron chi connectivity index (χ4n) is 1.99. The van der Waals surface area contributed by atoms with E-state index in [-0.39, 0.29) is 28.7 Å². The first-order chi connectivity index (χ1) is 11.3. The van der Waals surface area contributed by atoms with Gasteiger partial charge in [-0.1, -0.05) is 43.2 Å². The van der Waals surface area contributed by atoms with E-state index in [0.29, 0.717) is 18.8 Å².